The minimum absolute atomic E-state index is 0.286. The molecule has 2 N–H and O–H groups in total. The molecule has 14 heavy (non-hydrogen) atoms. The normalized spacial score (nSPS) is 31.1. The molecule has 0 heterocycles. The standard InChI is InChI=1S/C11H19NO2/c1-11(2)5-8(11)6-12-9(10(13)14)7-3-4-7/h7-9,12H,3-6H2,1-2H3,(H,13,14). The van der Waals surface area contributed by atoms with Crippen molar-refractivity contribution in [3.8, 4) is 0 Å². The van der Waals surface area contributed by atoms with Crippen molar-refractivity contribution in [1.82, 2.24) is 5.32 Å². The zero-order chi connectivity index (χ0) is 10.3. The van der Waals surface area contributed by atoms with Gasteiger partial charge in [0.15, 0.2) is 0 Å². The fourth-order valence-corrected chi connectivity index (χ4v) is 2.08. The van der Waals surface area contributed by atoms with Gasteiger partial charge in [-0.2, -0.15) is 0 Å². The minimum atomic E-state index is -0.675. The number of aliphatic carboxylic acids is 1. The maximum absolute atomic E-state index is 10.9. The van der Waals surface area contributed by atoms with E-state index in [2.05, 4.69) is 19.2 Å². The Labute approximate surface area is 84.9 Å². The summed E-state index contributed by atoms with van der Waals surface area (Å²) in [6.45, 7) is 5.36. The fourth-order valence-electron chi connectivity index (χ4n) is 2.08. The Morgan fingerprint density at radius 2 is 2.14 bits per heavy atom. The maximum atomic E-state index is 10.9. The molecule has 2 fully saturated rings. The van der Waals surface area contributed by atoms with Crippen LogP contribution >= 0.6 is 0 Å². The van der Waals surface area contributed by atoms with E-state index < -0.39 is 5.97 Å². The fraction of sp³-hybridized carbons (Fsp3) is 0.909. The van der Waals surface area contributed by atoms with Crippen LogP contribution in [0.5, 0.6) is 0 Å². The molecule has 2 atom stereocenters. The SMILES string of the molecule is CC1(C)CC1CNC(C(=O)O)C1CC1. The van der Waals surface area contributed by atoms with Crippen LogP contribution in [-0.2, 0) is 4.79 Å². The predicted octanol–water partition coefficient (Wildman–Crippen LogP) is 1.49. The number of nitrogens with one attached hydrogen (secondary N) is 1. The molecule has 0 radical (unpaired) electrons. The number of hydrogen-bond donors (Lipinski definition) is 2. The van der Waals surface area contributed by atoms with Crippen LogP contribution in [0.25, 0.3) is 0 Å². The third-order valence-electron chi connectivity index (χ3n) is 3.66. The Hall–Kier alpha value is -0.570. The summed E-state index contributed by atoms with van der Waals surface area (Å²) in [6, 6.07) is -0.286. The lowest BCUT2D eigenvalue weighted by Crippen LogP contribution is -2.39. The van der Waals surface area contributed by atoms with Crippen LogP contribution in [0.3, 0.4) is 0 Å². The summed E-state index contributed by atoms with van der Waals surface area (Å²) in [6.07, 6.45) is 3.40. The van der Waals surface area contributed by atoms with E-state index in [0.29, 0.717) is 17.3 Å². The highest BCUT2D eigenvalue weighted by Crippen LogP contribution is 2.51. The average Bonchev–Trinajstić information content (AvgIpc) is 2.91. The molecule has 0 amide bonds. The minimum Gasteiger partial charge on any atom is -0.480 e. The molecular weight excluding hydrogens is 178 g/mol. The highest BCUT2D eigenvalue weighted by Gasteiger charge is 2.46. The van der Waals surface area contributed by atoms with E-state index in [9.17, 15) is 4.79 Å². The first-order chi connectivity index (χ1) is 6.50. The van der Waals surface area contributed by atoms with Gasteiger partial charge in [-0.15, -0.1) is 0 Å². The Bertz CT molecular complexity index is 246. The van der Waals surface area contributed by atoms with Crippen LogP contribution in [0.15, 0.2) is 0 Å². The third-order valence-corrected chi connectivity index (χ3v) is 3.66. The molecule has 2 aliphatic rings. The lowest BCUT2D eigenvalue weighted by molar-refractivity contribution is -0.140. The Kier molecular flexibility index (Phi) is 2.30. The smallest absolute Gasteiger partial charge is 0.320 e. The molecule has 2 aliphatic carbocycles. The summed E-state index contributed by atoms with van der Waals surface area (Å²) >= 11 is 0. The third kappa shape index (κ3) is 2.08. The molecule has 0 aromatic rings. The molecule has 0 aromatic carbocycles. The Balaban J connectivity index is 1.75. The van der Waals surface area contributed by atoms with Crippen molar-refractivity contribution in [3.05, 3.63) is 0 Å². The van der Waals surface area contributed by atoms with Gasteiger partial charge in [-0.05, 0) is 43.1 Å². The van der Waals surface area contributed by atoms with Crippen molar-refractivity contribution in [2.45, 2.75) is 39.2 Å². The molecule has 0 bridgehead atoms. The molecule has 0 spiro atoms. The molecule has 0 aromatic heterocycles. The van der Waals surface area contributed by atoms with Crippen LogP contribution in [0.4, 0.5) is 0 Å². The van der Waals surface area contributed by atoms with E-state index in [1.807, 2.05) is 0 Å². The highest BCUT2D eigenvalue weighted by molar-refractivity contribution is 5.74. The van der Waals surface area contributed by atoms with E-state index in [0.717, 1.165) is 19.4 Å². The van der Waals surface area contributed by atoms with E-state index in [1.54, 1.807) is 0 Å². The lowest BCUT2D eigenvalue weighted by atomic mass is 10.1. The van der Waals surface area contributed by atoms with Gasteiger partial charge in [0.1, 0.15) is 6.04 Å². The predicted molar refractivity (Wildman–Crippen MR) is 54.0 cm³/mol. The largest absolute Gasteiger partial charge is 0.480 e. The molecule has 0 saturated heterocycles. The van der Waals surface area contributed by atoms with E-state index in [4.69, 9.17) is 5.11 Å². The topological polar surface area (TPSA) is 49.3 Å². The molecule has 0 aliphatic heterocycles. The summed E-state index contributed by atoms with van der Waals surface area (Å²) in [5.74, 6) is 0.406. The van der Waals surface area contributed by atoms with Gasteiger partial charge in [-0.1, -0.05) is 13.8 Å². The van der Waals surface area contributed by atoms with Crippen LogP contribution in [0, 0.1) is 17.3 Å². The quantitative estimate of drug-likeness (QED) is 0.702. The van der Waals surface area contributed by atoms with Crippen LogP contribution in [0.1, 0.15) is 33.1 Å². The zero-order valence-corrected chi connectivity index (χ0v) is 8.92. The summed E-state index contributed by atoms with van der Waals surface area (Å²) in [5, 5.41) is 12.2. The molecule has 80 valence electrons. The second-order valence-corrected chi connectivity index (χ2v) is 5.45. The number of carbonyl (C=O) groups is 1. The van der Waals surface area contributed by atoms with Crippen molar-refractivity contribution in [1.29, 1.82) is 0 Å². The maximum Gasteiger partial charge on any atom is 0.320 e. The van der Waals surface area contributed by atoms with Crippen molar-refractivity contribution >= 4 is 5.97 Å². The highest BCUT2D eigenvalue weighted by atomic mass is 16.4. The van der Waals surface area contributed by atoms with Crippen LogP contribution < -0.4 is 5.32 Å². The number of hydrogen-bond acceptors (Lipinski definition) is 2. The molecule has 2 unspecified atom stereocenters. The summed E-state index contributed by atoms with van der Waals surface area (Å²) in [7, 11) is 0. The second kappa shape index (κ2) is 3.23. The Morgan fingerprint density at radius 1 is 1.57 bits per heavy atom. The molecular formula is C11H19NO2. The van der Waals surface area contributed by atoms with Gasteiger partial charge in [0.25, 0.3) is 0 Å². The van der Waals surface area contributed by atoms with Crippen molar-refractivity contribution in [3.63, 3.8) is 0 Å². The van der Waals surface area contributed by atoms with E-state index in [-0.39, 0.29) is 6.04 Å². The molecule has 2 saturated carbocycles. The molecule has 3 heteroatoms. The average molecular weight is 197 g/mol. The van der Waals surface area contributed by atoms with E-state index in [1.165, 1.54) is 6.42 Å². The van der Waals surface area contributed by atoms with Gasteiger partial charge in [-0.25, -0.2) is 0 Å². The zero-order valence-electron chi connectivity index (χ0n) is 8.92. The number of carboxylic acid groups (broad SMARTS) is 1. The van der Waals surface area contributed by atoms with Gasteiger partial charge in [-0.3, -0.25) is 4.79 Å². The molecule has 2 rings (SSSR count). The summed E-state index contributed by atoms with van der Waals surface area (Å²) < 4.78 is 0. The van der Waals surface area contributed by atoms with Gasteiger partial charge in [0, 0.05) is 0 Å². The van der Waals surface area contributed by atoms with Crippen molar-refractivity contribution in [2.75, 3.05) is 6.54 Å². The van der Waals surface area contributed by atoms with Gasteiger partial charge in [0.2, 0.25) is 0 Å². The van der Waals surface area contributed by atoms with Crippen molar-refractivity contribution in [2.24, 2.45) is 17.3 Å². The first-order valence-corrected chi connectivity index (χ1v) is 5.47. The van der Waals surface area contributed by atoms with E-state index >= 15 is 0 Å². The lowest BCUT2D eigenvalue weighted by Gasteiger charge is -2.13. The second-order valence-electron chi connectivity index (χ2n) is 5.45. The Morgan fingerprint density at radius 3 is 2.50 bits per heavy atom. The van der Waals surface area contributed by atoms with Gasteiger partial charge in [0.05, 0.1) is 0 Å². The van der Waals surface area contributed by atoms with Crippen molar-refractivity contribution < 1.29 is 9.90 Å². The number of carboxylic acids is 1. The van der Waals surface area contributed by atoms with Crippen LogP contribution in [-0.4, -0.2) is 23.7 Å². The van der Waals surface area contributed by atoms with Gasteiger partial charge < -0.3 is 10.4 Å². The first-order valence-electron chi connectivity index (χ1n) is 5.47. The summed E-state index contributed by atoms with van der Waals surface area (Å²) in [4.78, 5) is 10.9. The first kappa shape index (κ1) is 9.97. The summed E-state index contributed by atoms with van der Waals surface area (Å²) in [5.41, 5.74) is 0.444. The monoisotopic (exact) mass is 197 g/mol. The molecule has 3 nitrogen and oxygen atoms in total. The number of rotatable bonds is 5. The van der Waals surface area contributed by atoms with Crippen LogP contribution in [0.2, 0.25) is 0 Å². The van der Waals surface area contributed by atoms with Gasteiger partial charge >= 0.3 is 5.97 Å².